The summed E-state index contributed by atoms with van der Waals surface area (Å²) in [5.41, 5.74) is 4.55. The number of carbonyl (C=O) groups excluding carboxylic acids is 1. The summed E-state index contributed by atoms with van der Waals surface area (Å²) in [5, 5.41) is 10.8. The molecule has 1 aliphatic heterocycles. The Bertz CT molecular complexity index is 971. The number of pyridine rings is 1. The van der Waals surface area contributed by atoms with Gasteiger partial charge in [0, 0.05) is 30.6 Å². The lowest BCUT2D eigenvalue weighted by Crippen LogP contribution is -2.35. The minimum atomic E-state index is -0.1000. The Labute approximate surface area is 177 Å². The fourth-order valence-corrected chi connectivity index (χ4v) is 3.80. The van der Waals surface area contributed by atoms with Gasteiger partial charge in [-0.05, 0) is 49.7 Å². The highest BCUT2D eigenvalue weighted by Crippen LogP contribution is 2.27. The van der Waals surface area contributed by atoms with Crippen LogP contribution in [0.4, 0.5) is 5.69 Å². The van der Waals surface area contributed by atoms with Gasteiger partial charge < -0.3 is 16.0 Å². The molecule has 1 saturated heterocycles. The first-order valence-electron chi connectivity index (χ1n) is 9.90. The number of halogens is 1. The fraction of sp³-hybridized carbons (Fsp3) is 0.304. The molecule has 2 heterocycles. The zero-order valence-corrected chi connectivity index (χ0v) is 17.4. The predicted molar refractivity (Wildman–Crippen MR) is 121 cm³/mol. The third-order valence-electron chi connectivity index (χ3n) is 5.32. The van der Waals surface area contributed by atoms with E-state index in [1.54, 1.807) is 7.05 Å². The van der Waals surface area contributed by atoms with Crippen molar-refractivity contribution < 1.29 is 4.79 Å². The van der Waals surface area contributed by atoms with Crippen LogP contribution in [0.5, 0.6) is 0 Å². The highest BCUT2D eigenvalue weighted by molar-refractivity contribution is 6.01. The van der Waals surface area contributed by atoms with Crippen LogP contribution in [0.1, 0.15) is 34.5 Å². The minimum Gasteiger partial charge on any atom is -0.382 e. The lowest BCUT2D eigenvalue weighted by atomic mass is 10.0. The number of anilines is 1. The van der Waals surface area contributed by atoms with Crippen LogP contribution < -0.4 is 16.0 Å². The smallest absolute Gasteiger partial charge is 0.252 e. The van der Waals surface area contributed by atoms with Gasteiger partial charge in [0.1, 0.15) is 0 Å². The normalized spacial score (nSPS) is 14.2. The maximum absolute atomic E-state index is 12.6. The summed E-state index contributed by atoms with van der Waals surface area (Å²) in [5.74, 6) is -0.1000. The van der Waals surface area contributed by atoms with Gasteiger partial charge in [-0.2, -0.15) is 0 Å². The Morgan fingerprint density at radius 3 is 2.59 bits per heavy atom. The van der Waals surface area contributed by atoms with Crippen molar-refractivity contribution in [1.82, 2.24) is 15.6 Å². The highest BCUT2D eigenvalue weighted by Gasteiger charge is 2.17. The molecule has 6 heteroatoms. The SMILES string of the molecule is CNC(=O)c1cc2c(NC3CCNCC3)cccc2nc1Cc1ccccc1.Cl. The average Bonchev–Trinajstić information content (AvgIpc) is 2.74. The number of piperidine rings is 1. The van der Waals surface area contributed by atoms with Crippen LogP contribution in [0.2, 0.25) is 0 Å². The van der Waals surface area contributed by atoms with Crippen LogP contribution in [-0.2, 0) is 6.42 Å². The number of fused-ring (bicyclic) bond motifs is 1. The van der Waals surface area contributed by atoms with E-state index in [1.165, 1.54) is 0 Å². The van der Waals surface area contributed by atoms with Crippen molar-refractivity contribution in [1.29, 1.82) is 0 Å². The maximum Gasteiger partial charge on any atom is 0.252 e. The zero-order valence-electron chi connectivity index (χ0n) is 16.6. The number of nitrogens with zero attached hydrogens (tertiary/aromatic N) is 1. The maximum atomic E-state index is 12.6. The van der Waals surface area contributed by atoms with Gasteiger partial charge >= 0.3 is 0 Å². The molecule has 0 bridgehead atoms. The minimum absolute atomic E-state index is 0. The first-order valence-corrected chi connectivity index (χ1v) is 9.90. The van der Waals surface area contributed by atoms with E-state index in [0.29, 0.717) is 18.0 Å². The molecule has 0 atom stereocenters. The lowest BCUT2D eigenvalue weighted by Gasteiger charge is -2.25. The number of aromatic nitrogens is 1. The van der Waals surface area contributed by atoms with Gasteiger partial charge in [-0.3, -0.25) is 9.78 Å². The largest absolute Gasteiger partial charge is 0.382 e. The quantitative estimate of drug-likeness (QED) is 0.599. The number of amides is 1. The molecule has 3 aromatic rings. The topological polar surface area (TPSA) is 66.1 Å². The molecule has 1 fully saturated rings. The van der Waals surface area contributed by atoms with E-state index in [4.69, 9.17) is 4.98 Å². The summed E-state index contributed by atoms with van der Waals surface area (Å²) < 4.78 is 0. The number of hydrogen-bond donors (Lipinski definition) is 3. The van der Waals surface area contributed by atoms with Gasteiger partial charge in [-0.15, -0.1) is 12.4 Å². The molecule has 152 valence electrons. The molecule has 1 aromatic heterocycles. The van der Waals surface area contributed by atoms with Crippen LogP contribution in [0.25, 0.3) is 10.9 Å². The zero-order chi connectivity index (χ0) is 19.3. The Morgan fingerprint density at radius 1 is 1.10 bits per heavy atom. The van der Waals surface area contributed by atoms with Crippen LogP contribution in [-0.4, -0.2) is 37.1 Å². The summed E-state index contributed by atoms with van der Waals surface area (Å²) in [6.45, 7) is 2.07. The number of carbonyl (C=O) groups is 1. The number of rotatable bonds is 5. The van der Waals surface area contributed by atoms with Crippen molar-refractivity contribution in [3.8, 4) is 0 Å². The molecule has 3 N–H and O–H groups in total. The second kappa shape index (κ2) is 9.72. The second-order valence-corrected chi connectivity index (χ2v) is 7.26. The van der Waals surface area contributed by atoms with Crippen LogP contribution >= 0.6 is 12.4 Å². The lowest BCUT2D eigenvalue weighted by molar-refractivity contribution is 0.0962. The van der Waals surface area contributed by atoms with Crippen LogP contribution in [0.15, 0.2) is 54.6 Å². The Hall–Kier alpha value is -2.63. The van der Waals surface area contributed by atoms with E-state index < -0.39 is 0 Å². The molecule has 0 saturated carbocycles. The molecule has 0 unspecified atom stereocenters. The highest BCUT2D eigenvalue weighted by atomic mass is 35.5. The van der Waals surface area contributed by atoms with E-state index >= 15 is 0 Å². The average molecular weight is 411 g/mol. The molecular formula is C23H27ClN4O. The Kier molecular flexibility index (Phi) is 7.07. The number of hydrogen-bond acceptors (Lipinski definition) is 4. The monoisotopic (exact) mass is 410 g/mol. The molecule has 29 heavy (non-hydrogen) atoms. The molecule has 0 aliphatic carbocycles. The van der Waals surface area contributed by atoms with Crippen molar-refractivity contribution in [3.05, 3.63) is 71.4 Å². The molecule has 1 amide bonds. The van der Waals surface area contributed by atoms with E-state index in [9.17, 15) is 4.79 Å². The fourth-order valence-electron chi connectivity index (χ4n) is 3.80. The van der Waals surface area contributed by atoms with Crippen LogP contribution in [0, 0.1) is 0 Å². The third kappa shape index (κ3) is 4.86. The standard InChI is InChI=1S/C23H26N4O.ClH/c1-24-23(28)19-15-18-20(26-17-10-12-25-13-11-17)8-5-9-21(18)27-22(19)14-16-6-3-2-4-7-16;/h2-9,15,17,25-26H,10-14H2,1H3,(H,24,28);1H. The molecule has 0 spiro atoms. The van der Waals surface area contributed by atoms with Crippen molar-refractivity contribution in [2.24, 2.45) is 0 Å². The Morgan fingerprint density at radius 2 is 1.86 bits per heavy atom. The first-order chi connectivity index (χ1) is 13.7. The molecule has 5 nitrogen and oxygen atoms in total. The van der Waals surface area contributed by atoms with Gasteiger partial charge in [-0.25, -0.2) is 0 Å². The molecule has 1 aliphatic rings. The van der Waals surface area contributed by atoms with E-state index in [2.05, 4.69) is 34.1 Å². The van der Waals surface area contributed by atoms with Gasteiger partial charge in [-0.1, -0.05) is 36.4 Å². The summed E-state index contributed by atoms with van der Waals surface area (Å²) in [4.78, 5) is 17.5. The van der Waals surface area contributed by atoms with Crippen LogP contribution in [0.3, 0.4) is 0 Å². The van der Waals surface area contributed by atoms with Crippen molar-refractivity contribution >= 4 is 34.9 Å². The van der Waals surface area contributed by atoms with Gasteiger partial charge in [0.25, 0.3) is 5.91 Å². The number of benzene rings is 2. The van der Waals surface area contributed by atoms with Crippen molar-refractivity contribution in [3.63, 3.8) is 0 Å². The summed E-state index contributed by atoms with van der Waals surface area (Å²) >= 11 is 0. The van der Waals surface area contributed by atoms with E-state index in [1.807, 2.05) is 36.4 Å². The van der Waals surface area contributed by atoms with Gasteiger partial charge in [0.15, 0.2) is 0 Å². The van der Waals surface area contributed by atoms with E-state index in [0.717, 1.165) is 53.8 Å². The summed E-state index contributed by atoms with van der Waals surface area (Å²) in [6.07, 6.45) is 2.82. The van der Waals surface area contributed by atoms with Gasteiger partial charge in [0.05, 0.1) is 16.8 Å². The van der Waals surface area contributed by atoms with E-state index in [-0.39, 0.29) is 18.3 Å². The summed E-state index contributed by atoms with van der Waals surface area (Å²) in [7, 11) is 1.66. The Balaban J connectivity index is 0.00000240. The summed E-state index contributed by atoms with van der Waals surface area (Å²) in [6, 6.07) is 18.7. The molecule has 2 aromatic carbocycles. The molecule has 4 rings (SSSR count). The first kappa shape index (κ1) is 21.1. The molecule has 0 radical (unpaired) electrons. The molecular weight excluding hydrogens is 384 g/mol. The number of nitrogens with one attached hydrogen (secondary N) is 3. The van der Waals surface area contributed by atoms with Crippen molar-refractivity contribution in [2.45, 2.75) is 25.3 Å². The third-order valence-corrected chi connectivity index (χ3v) is 5.32. The van der Waals surface area contributed by atoms with Gasteiger partial charge in [0.2, 0.25) is 0 Å². The van der Waals surface area contributed by atoms with Crippen molar-refractivity contribution in [2.75, 3.05) is 25.5 Å². The second-order valence-electron chi connectivity index (χ2n) is 7.26. The predicted octanol–water partition coefficient (Wildman–Crippen LogP) is 3.77.